The number of piperazine rings is 1. The fourth-order valence-corrected chi connectivity index (χ4v) is 6.15. The number of nitrogens with zero attached hydrogens (tertiary/aromatic N) is 6. The average molecular weight is 597 g/mol. The van der Waals surface area contributed by atoms with E-state index in [1.165, 1.54) is 0 Å². The SMILES string of the molecule is CCOC(=O)C1=Cc2nccc(-c3cnn4cc(C5=CCC(N6CCN(C(=O)OC(C)(C)C)CC6)C=C5)cnc34)c2CC1C. The summed E-state index contributed by atoms with van der Waals surface area (Å²) in [6.45, 7) is 12.9. The zero-order valence-electron chi connectivity index (χ0n) is 26.1. The Balaban J connectivity index is 1.15. The van der Waals surface area contributed by atoms with Crippen LogP contribution in [0.25, 0.3) is 28.4 Å². The first-order chi connectivity index (χ1) is 21.1. The highest BCUT2D eigenvalue weighted by Gasteiger charge is 2.29. The predicted octanol–water partition coefficient (Wildman–Crippen LogP) is 5.19. The molecule has 2 aliphatic carbocycles. The van der Waals surface area contributed by atoms with Crippen LogP contribution in [0.15, 0.2) is 54.7 Å². The zero-order valence-corrected chi connectivity index (χ0v) is 26.1. The van der Waals surface area contributed by atoms with Crippen LogP contribution in [-0.4, -0.2) is 85.9 Å². The average Bonchev–Trinajstić information content (AvgIpc) is 3.43. The van der Waals surface area contributed by atoms with Crippen molar-refractivity contribution in [1.29, 1.82) is 0 Å². The molecule has 0 saturated carbocycles. The van der Waals surface area contributed by atoms with E-state index in [-0.39, 0.29) is 18.0 Å². The Bertz CT molecular complexity index is 1670. The number of allylic oxidation sites excluding steroid dienone is 2. The van der Waals surface area contributed by atoms with Crippen LogP contribution in [0, 0.1) is 5.92 Å². The van der Waals surface area contributed by atoms with Crippen LogP contribution in [0.3, 0.4) is 0 Å². The number of hydrogen-bond donors (Lipinski definition) is 0. The number of fused-ring (bicyclic) bond motifs is 2. The standard InChI is InChI=1S/C34H40N6O4/c1-6-43-32(41)27-18-30-28(17-22(27)2)26(11-12-35-30)29-20-37-40-21-24(19-36-31(29)40)23-7-9-25(10-8-23)38-13-15-39(16-14-38)33(42)44-34(3,4)5/h7-9,11-12,18-22,25H,6,10,13-17H2,1-5H3. The van der Waals surface area contributed by atoms with Gasteiger partial charge in [0, 0.05) is 67.5 Å². The van der Waals surface area contributed by atoms with Gasteiger partial charge in [-0.05, 0) is 75.3 Å². The lowest BCUT2D eigenvalue weighted by Crippen LogP contribution is -2.52. The Morgan fingerprint density at radius 3 is 2.57 bits per heavy atom. The number of amides is 1. The summed E-state index contributed by atoms with van der Waals surface area (Å²) >= 11 is 0. The summed E-state index contributed by atoms with van der Waals surface area (Å²) < 4.78 is 12.6. The summed E-state index contributed by atoms with van der Waals surface area (Å²) in [7, 11) is 0. The number of ether oxygens (including phenoxy) is 2. The molecule has 3 aromatic heterocycles. The molecule has 230 valence electrons. The van der Waals surface area contributed by atoms with Crippen LogP contribution in [0.4, 0.5) is 4.79 Å². The lowest BCUT2D eigenvalue weighted by atomic mass is 9.83. The lowest BCUT2D eigenvalue weighted by molar-refractivity contribution is -0.139. The van der Waals surface area contributed by atoms with Gasteiger partial charge < -0.3 is 14.4 Å². The topological polar surface area (TPSA) is 102 Å². The van der Waals surface area contributed by atoms with Crippen LogP contribution >= 0.6 is 0 Å². The molecule has 10 heteroatoms. The highest BCUT2D eigenvalue weighted by Crippen LogP contribution is 2.36. The molecule has 1 saturated heterocycles. The van der Waals surface area contributed by atoms with Gasteiger partial charge in [0.2, 0.25) is 0 Å². The zero-order chi connectivity index (χ0) is 31.0. The molecular weight excluding hydrogens is 556 g/mol. The predicted molar refractivity (Wildman–Crippen MR) is 169 cm³/mol. The maximum atomic E-state index is 12.5. The number of carbonyl (C=O) groups is 2. The molecule has 0 aromatic carbocycles. The molecule has 10 nitrogen and oxygen atoms in total. The Morgan fingerprint density at radius 1 is 1.07 bits per heavy atom. The van der Waals surface area contributed by atoms with Crippen molar-refractivity contribution in [3.8, 4) is 11.1 Å². The maximum absolute atomic E-state index is 12.5. The summed E-state index contributed by atoms with van der Waals surface area (Å²) in [5, 5.41) is 4.66. The van der Waals surface area contributed by atoms with Gasteiger partial charge in [0.25, 0.3) is 0 Å². The third kappa shape index (κ3) is 6.04. The van der Waals surface area contributed by atoms with Gasteiger partial charge in [-0.15, -0.1) is 0 Å². The van der Waals surface area contributed by atoms with Crippen molar-refractivity contribution in [3.63, 3.8) is 0 Å². The highest BCUT2D eigenvalue weighted by atomic mass is 16.6. The molecule has 2 unspecified atom stereocenters. The van der Waals surface area contributed by atoms with Crippen molar-refractivity contribution in [2.75, 3.05) is 32.8 Å². The van der Waals surface area contributed by atoms with Gasteiger partial charge in [-0.25, -0.2) is 19.1 Å². The molecule has 6 rings (SSSR count). The maximum Gasteiger partial charge on any atom is 0.410 e. The Morgan fingerprint density at radius 2 is 1.86 bits per heavy atom. The smallest absolute Gasteiger partial charge is 0.410 e. The second-order valence-corrected chi connectivity index (χ2v) is 12.6. The van der Waals surface area contributed by atoms with Crippen molar-refractivity contribution >= 4 is 29.4 Å². The van der Waals surface area contributed by atoms with E-state index >= 15 is 0 Å². The molecule has 2 atom stereocenters. The van der Waals surface area contributed by atoms with Gasteiger partial charge in [0.1, 0.15) is 5.60 Å². The van der Waals surface area contributed by atoms with E-state index in [2.05, 4.69) is 33.2 Å². The van der Waals surface area contributed by atoms with E-state index in [1.807, 2.05) is 69.9 Å². The molecule has 3 aromatic rings. The quantitative estimate of drug-likeness (QED) is 0.371. The Labute approximate surface area is 258 Å². The summed E-state index contributed by atoms with van der Waals surface area (Å²) in [4.78, 5) is 38.5. The number of aromatic nitrogens is 4. The van der Waals surface area contributed by atoms with Gasteiger partial charge in [0.15, 0.2) is 5.65 Å². The van der Waals surface area contributed by atoms with Gasteiger partial charge in [-0.1, -0.05) is 25.2 Å². The van der Waals surface area contributed by atoms with Gasteiger partial charge in [-0.3, -0.25) is 9.88 Å². The largest absolute Gasteiger partial charge is 0.463 e. The molecule has 0 spiro atoms. The van der Waals surface area contributed by atoms with Crippen LogP contribution in [-0.2, 0) is 20.7 Å². The first-order valence-corrected chi connectivity index (χ1v) is 15.4. The molecule has 1 amide bonds. The van der Waals surface area contributed by atoms with Gasteiger partial charge in [0.05, 0.1) is 18.5 Å². The van der Waals surface area contributed by atoms with Crippen molar-refractivity contribution in [2.45, 2.75) is 59.1 Å². The third-order valence-electron chi connectivity index (χ3n) is 8.43. The normalized spacial score (nSPS) is 20.6. The first kappa shape index (κ1) is 29.7. The van der Waals surface area contributed by atoms with Gasteiger partial charge in [-0.2, -0.15) is 5.10 Å². The molecule has 1 aliphatic heterocycles. The van der Waals surface area contributed by atoms with E-state index < -0.39 is 5.60 Å². The van der Waals surface area contributed by atoms with Crippen molar-refractivity contribution < 1.29 is 19.1 Å². The van der Waals surface area contributed by atoms with E-state index in [0.717, 1.165) is 58.7 Å². The number of esters is 1. The minimum Gasteiger partial charge on any atom is -0.463 e. The number of carbonyl (C=O) groups excluding carboxylic acids is 2. The molecule has 1 fully saturated rings. The van der Waals surface area contributed by atoms with E-state index in [4.69, 9.17) is 14.5 Å². The molecule has 0 N–H and O–H groups in total. The summed E-state index contributed by atoms with van der Waals surface area (Å²) in [5.41, 5.74) is 6.92. The van der Waals surface area contributed by atoms with Crippen LogP contribution in [0.2, 0.25) is 0 Å². The Hall–Kier alpha value is -4.31. The van der Waals surface area contributed by atoms with Crippen LogP contribution in [0.1, 0.15) is 57.9 Å². The monoisotopic (exact) mass is 596 g/mol. The van der Waals surface area contributed by atoms with Crippen molar-refractivity contribution in [2.24, 2.45) is 5.92 Å². The summed E-state index contributed by atoms with van der Waals surface area (Å²) in [6.07, 6.45) is 17.4. The third-order valence-corrected chi connectivity index (χ3v) is 8.43. The number of pyridine rings is 1. The highest BCUT2D eigenvalue weighted by molar-refractivity contribution is 5.96. The fraction of sp³-hybridized carbons (Fsp3) is 0.441. The fourth-order valence-electron chi connectivity index (χ4n) is 6.15. The number of hydrogen-bond acceptors (Lipinski definition) is 8. The number of rotatable bonds is 5. The molecular formula is C34H40N6O4. The van der Waals surface area contributed by atoms with Crippen LogP contribution in [0.5, 0.6) is 0 Å². The van der Waals surface area contributed by atoms with E-state index in [9.17, 15) is 9.59 Å². The minimum atomic E-state index is -0.483. The summed E-state index contributed by atoms with van der Waals surface area (Å²) in [5.74, 6) is -0.255. The van der Waals surface area contributed by atoms with Crippen molar-refractivity contribution in [1.82, 2.24) is 29.4 Å². The first-order valence-electron chi connectivity index (χ1n) is 15.4. The molecule has 0 bridgehead atoms. The van der Waals surface area contributed by atoms with Crippen LogP contribution < -0.4 is 0 Å². The van der Waals surface area contributed by atoms with Crippen molar-refractivity contribution in [3.05, 3.63) is 71.5 Å². The van der Waals surface area contributed by atoms with E-state index in [0.29, 0.717) is 37.7 Å². The molecule has 4 heterocycles. The molecule has 44 heavy (non-hydrogen) atoms. The second-order valence-electron chi connectivity index (χ2n) is 12.6. The molecule has 3 aliphatic rings. The Kier molecular flexibility index (Phi) is 8.11. The second kappa shape index (κ2) is 12.0. The van der Waals surface area contributed by atoms with E-state index in [1.54, 1.807) is 11.1 Å². The molecule has 0 radical (unpaired) electrons. The lowest BCUT2D eigenvalue weighted by Gasteiger charge is -2.39. The minimum absolute atomic E-state index is 0.0219. The summed E-state index contributed by atoms with van der Waals surface area (Å²) in [6, 6.07) is 2.30. The van der Waals surface area contributed by atoms with Gasteiger partial charge >= 0.3 is 12.1 Å².